The van der Waals surface area contributed by atoms with E-state index in [4.69, 9.17) is 6.42 Å². The van der Waals surface area contributed by atoms with Gasteiger partial charge in [-0.3, -0.25) is 0 Å². The summed E-state index contributed by atoms with van der Waals surface area (Å²) in [5.41, 5.74) is 3.96. The molecule has 0 aliphatic heterocycles. The molecule has 1 atom stereocenters. The Balaban J connectivity index is 3.98. The molecule has 0 amide bonds. The summed E-state index contributed by atoms with van der Waals surface area (Å²) < 4.78 is 0. The van der Waals surface area contributed by atoms with Crippen LogP contribution in [0.25, 0.3) is 0 Å². The van der Waals surface area contributed by atoms with Crippen LogP contribution in [-0.2, 0) is 0 Å². The Morgan fingerprint density at radius 1 is 1.06 bits per heavy atom. The Morgan fingerprint density at radius 3 is 2.17 bits per heavy atom. The quantitative estimate of drug-likeness (QED) is 0.521. The van der Waals surface area contributed by atoms with E-state index in [-0.39, 0.29) is 0 Å². The van der Waals surface area contributed by atoms with Crippen molar-refractivity contribution in [3.63, 3.8) is 0 Å². The second kappa shape index (κ2) is 9.74. The monoisotopic (exact) mass is 246 g/mol. The Labute approximate surface area is 112 Å². The summed E-state index contributed by atoms with van der Waals surface area (Å²) in [4.78, 5) is 0. The van der Waals surface area contributed by atoms with Gasteiger partial charge in [0.15, 0.2) is 0 Å². The molecule has 100 valence electrons. The maximum atomic E-state index is 9.27. The number of allylic oxidation sites excluding steroid dienone is 5. The molecule has 1 heteroatoms. The molecule has 0 aromatic carbocycles. The highest BCUT2D eigenvalue weighted by atomic mass is 16.3. The summed E-state index contributed by atoms with van der Waals surface area (Å²) in [5.74, 6) is 2.29. The molecule has 0 heterocycles. The molecule has 0 aromatic rings. The number of hydrogen-bond donors (Lipinski definition) is 1. The normalized spacial score (nSPS) is 14.0. The fourth-order valence-electron chi connectivity index (χ4n) is 1.64. The molecule has 1 unspecified atom stereocenters. The molecule has 0 saturated carbocycles. The number of aliphatic hydroxyl groups excluding tert-OH is 1. The summed E-state index contributed by atoms with van der Waals surface area (Å²) in [6.07, 6.45) is 14.9. The highest BCUT2D eigenvalue weighted by Gasteiger charge is 1.95. The van der Waals surface area contributed by atoms with Gasteiger partial charge in [-0.25, -0.2) is 0 Å². The van der Waals surface area contributed by atoms with Gasteiger partial charge in [0.2, 0.25) is 0 Å². The number of hydrogen-bond acceptors (Lipinski definition) is 1. The van der Waals surface area contributed by atoms with E-state index in [1.807, 2.05) is 6.92 Å². The Kier molecular flexibility index (Phi) is 9.06. The highest BCUT2D eigenvalue weighted by molar-refractivity contribution is 5.13. The zero-order chi connectivity index (χ0) is 14.0. The lowest BCUT2D eigenvalue weighted by Crippen LogP contribution is -1.97. The molecule has 0 radical (unpaired) electrons. The van der Waals surface area contributed by atoms with Crippen LogP contribution >= 0.6 is 0 Å². The van der Waals surface area contributed by atoms with Gasteiger partial charge in [-0.2, -0.15) is 0 Å². The lowest BCUT2D eigenvalue weighted by Gasteiger charge is -2.02. The van der Waals surface area contributed by atoms with E-state index in [9.17, 15) is 5.11 Å². The van der Waals surface area contributed by atoms with Gasteiger partial charge < -0.3 is 5.11 Å². The fourth-order valence-corrected chi connectivity index (χ4v) is 1.64. The minimum absolute atomic E-state index is 0.743. The Bertz CT molecular complexity index is 360. The lowest BCUT2D eigenvalue weighted by atomic mass is 10.1. The largest absolute Gasteiger partial charge is 0.377 e. The Morgan fingerprint density at radius 2 is 1.61 bits per heavy atom. The second-order valence-electron chi connectivity index (χ2n) is 5.03. The van der Waals surface area contributed by atoms with Crippen molar-refractivity contribution < 1.29 is 5.11 Å². The van der Waals surface area contributed by atoms with Crippen molar-refractivity contribution in [1.82, 2.24) is 0 Å². The molecule has 0 saturated heterocycles. The van der Waals surface area contributed by atoms with Crippen LogP contribution in [0.3, 0.4) is 0 Å². The molecule has 0 aliphatic rings. The lowest BCUT2D eigenvalue weighted by molar-refractivity contribution is 0.279. The van der Waals surface area contributed by atoms with E-state index in [0.717, 1.165) is 31.3 Å². The summed E-state index contributed by atoms with van der Waals surface area (Å²) in [5, 5.41) is 9.27. The molecule has 18 heavy (non-hydrogen) atoms. The van der Waals surface area contributed by atoms with Crippen molar-refractivity contribution in [2.45, 2.75) is 59.5 Å². The van der Waals surface area contributed by atoms with E-state index in [1.165, 1.54) is 11.1 Å². The van der Waals surface area contributed by atoms with Crippen LogP contribution < -0.4 is 0 Å². The van der Waals surface area contributed by atoms with Gasteiger partial charge in [-0.1, -0.05) is 34.8 Å². The number of rotatable bonds is 7. The van der Waals surface area contributed by atoms with Crippen LogP contribution in [0.4, 0.5) is 0 Å². The molecule has 0 aromatic heterocycles. The van der Waals surface area contributed by atoms with Crippen LogP contribution in [0.5, 0.6) is 0 Å². The maximum Gasteiger partial charge on any atom is 0.133 e. The average Bonchev–Trinajstić information content (AvgIpc) is 2.28. The maximum absolute atomic E-state index is 9.27. The van der Waals surface area contributed by atoms with Crippen molar-refractivity contribution in [1.29, 1.82) is 0 Å². The molecule has 0 fully saturated rings. The second-order valence-corrected chi connectivity index (χ2v) is 5.03. The first-order valence-electron chi connectivity index (χ1n) is 6.56. The van der Waals surface area contributed by atoms with Gasteiger partial charge in [0.1, 0.15) is 6.10 Å². The zero-order valence-electron chi connectivity index (χ0n) is 12.2. The van der Waals surface area contributed by atoms with Crippen molar-refractivity contribution >= 4 is 0 Å². The van der Waals surface area contributed by atoms with Crippen LogP contribution in [-0.4, -0.2) is 11.2 Å². The van der Waals surface area contributed by atoms with E-state index in [1.54, 1.807) is 6.08 Å². The van der Waals surface area contributed by atoms with Crippen LogP contribution in [0.15, 0.2) is 34.9 Å². The first-order chi connectivity index (χ1) is 8.45. The van der Waals surface area contributed by atoms with Gasteiger partial charge in [0, 0.05) is 0 Å². The first-order valence-corrected chi connectivity index (χ1v) is 6.56. The summed E-state index contributed by atoms with van der Waals surface area (Å²) in [6, 6.07) is 0. The van der Waals surface area contributed by atoms with Crippen molar-refractivity contribution in [2.75, 3.05) is 0 Å². The van der Waals surface area contributed by atoms with Crippen LogP contribution in [0, 0.1) is 12.3 Å². The van der Waals surface area contributed by atoms with Gasteiger partial charge >= 0.3 is 0 Å². The van der Waals surface area contributed by atoms with Crippen molar-refractivity contribution in [3.05, 3.63) is 34.9 Å². The molecule has 0 rings (SSSR count). The first kappa shape index (κ1) is 16.7. The summed E-state index contributed by atoms with van der Waals surface area (Å²) >= 11 is 0. The molecule has 0 spiro atoms. The zero-order valence-corrected chi connectivity index (χ0v) is 12.2. The SMILES string of the molecule is C#CC(O)C=C(C)CCC=C(C)CCC=C(C)C. The molecular weight excluding hydrogens is 220 g/mol. The van der Waals surface area contributed by atoms with Crippen molar-refractivity contribution in [3.8, 4) is 12.3 Å². The standard InChI is InChI=1S/C17H26O/c1-6-17(18)13-16(5)12-8-11-15(4)10-7-9-14(2)3/h1,9,11,13,17-18H,7-8,10,12H2,2-5H3. The highest BCUT2D eigenvalue weighted by Crippen LogP contribution is 2.11. The van der Waals surface area contributed by atoms with E-state index in [0.29, 0.717) is 0 Å². The third-order valence-electron chi connectivity index (χ3n) is 2.74. The molecular formula is C17H26O. The Hall–Kier alpha value is -1.26. The van der Waals surface area contributed by atoms with Crippen LogP contribution in [0.2, 0.25) is 0 Å². The van der Waals surface area contributed by atoms with E-state index >= 15 is 0 Å². The van der Waals surface area contributed by atoms with Crippen molar-refractivity contribution in [2.24, 2.45) is 0 Å². The predicted molar refractivity (Wildman–Crippen MR) is 80.3 cm³/mol. The topological polar surface area (TPSA) is 20.2 Å². The third-order valence-corrected chi connectivity index (χ3v) is 2.74. The van der Waals surface area contributed by atoms with Gasteiger partial charge in [-0.15, -0.1) is 6.42 Å². The minimum Gasteiger partial charge on any atom is -0.377 e. The van der Waals surface area contributed by atoms with Gasteiger partial charge in [-0.05, 0) is 59.5 Å². The number of aliphatic hydroxyl groups is 1. The van der Waals surface area contributed by atoms with Crippen LogP contribution in [0.1, 0.15) is 53.4 Å². The van der Waals surface area contributed by atoms with Gasteiger partial charge in [0.25, 0.3) is 0 Å². The molecule has 0 bridgehead atoms. The molecule has 1 N–H and O–H groups in total. The predicted octanol–water partition coefficient (Wildman–Crippen LogP) is 4.40. The average molecular weight is 246 g/mol. The third kappa shape index (κ3) is 9.93. The summed E-state index contributed by atoms with van der Waals surface area (Å²) in [6.45, 7) is 8.44. The molecule has 0 aliphatic carbocycles. The van der Waals surface area contributed by atoms with Gasteiger partial charge in [0.05, 0.1) is 0 Å². The minimum atomic E-state index is -0.743. The smallest absolute Gasteiger partial charge is 0.133 e. The fraction of sp³-hybridized carbons (Fsp3) is 0.529. The van der Waals surface area contributed by atoms with E-state index < -0.39 is 6.10 Å². The molecule has 1 nitrogen and oxygen atoms in total. The number of terminal acetylenes is 1. The van der Waals surface area contributed by atoms with E-state index in [2.05, 4.69) is 38.8 Å². The summed E-state index contributed by atoms with van der Waals surface area (Å²) in [7, 11) is 0.